The standard InChI is InChI=1S/C13H23NO2/c1-16-10-9-14-8-4-6-12(14)11-5-2-3-7-13(11)15/h11-12H,2-10H2,1H3. The van der Waals surface area contributed by atoms with Gasteiger partial charge >= 0.3 is 0 Å². The Bertz CT molecular complexity index is 242. The summed E-state index contributed by atoms with van der Waals surface area (Å²) in [6.45, 7) is 2.93. The zero-order chi connectivity index (χ0) is 11.4. The van der Waals surface area contributed by atoms with Crippen molar-refractivity contribution in [2.24, 2.45) is 5.92 Å². The summed E-state index contributed by atoms with van der Waals surface area (Å²) in [5.41, 5.74) is 0. The monoisotopic (exact) mass is 225 g/mol. The molecule has 0 aromatic rings. The fourth-order valence-electron chi connectivity index (χ4n) is 3.21. The normalized spacial score (nSPS) is 32.2. The van der Waals surface area contributed by atoms with Gasteiger partial charge in [0.15, 0.2) is 0 Å². The molecule has 0 aromatic heterocycles. The van der Waals surface area contributed by atoms with Gasteiger partial charge in [0.25, 0.3) is 0 Å². The number of carbonyl (C=O) groups is 1. The SMILES string of the molecule is COCCN1CCCC1C1CCCCC1=O. The molecule has 1 aliphatic heterocycles. The predicted molar refractivity (Wildman–Crippen MR) is 63.4 cm³/mol. The third-order valence-electron chi connectivity index (χ3n) is 4.06. The number of rotatable bonds is 4. The fraction of sp³-hybridized carbons (Fsp3) is 0.923. The number of ether oxygens (including phenoxy) is 1. The summed E-state index contributed by atoms with van der Waals surface area (Å²) in [5, 5.41) is 0. The maximum Gasteiger partial charge on any atom is 0.137 e. The van der Waals surface area contributed by atoms with E-state index in [1.165, 1.54) is 19.3 Å². The highest BCUT2D eigenvalue weighted by atomic mass is 16.5. The van der Waals surface area contributed by atoms with Crippen LogP contribution in [0.1, 0.15) is 38.5 Å². The lowest BCUT2D eigenvalue weighted by Crippen LogP contribution is -2.41. The molecule has 16 heavy (non-hydrogen) atoms. The highest BCUT2D eigenvalue weighted by Gasteiger charge is 2.36. The minimum atomic E-state index is 0.327. The van der Waals surface area contributed by atoms with Crippen molar-refractivity contribution in [3.05, 3.63) is 0 Å². The molecule has 0 N–H and O–H groups in total. The Morgan fingerprint density at radius 2 is 2.19 bits per heavy atom. The Morgan fingerprint density at radius 1 is 1.31 bits per heavy atom. The molecule has 1 saturated heterocycles. The second kappa shape index (κ2) is 5.78. The van der Waals surface area contributed by atoms with Crippen LogP contribution < -0.4 is 0 Å². The third kappa shape index (κ3) is 2.64. The molecule has 2 aliphatic rings. The van der Waals surface area contributed by atoms with Crippen LogP contribution in [0.2, 0.25) is 0 Å². The van der Waals surface area contributed by atoms with E-state index in [-0.39, 0.29) is 0 Å². The second-order valence-electron chi connectivity index (χ2n) is 5.06. The molecule has 3 heteroatoms. The zero-order valence-corrected chi connectivity index (χ0v) is 10.3. The average Bonchev–Trinajstić information content (AvgIpc) is 2.75. The van der Waals surface area contributed by atoms with E-state index in [9.17, 15) is 4.79 Å². The summed E-state index contributed by atoms with van der Waals surface area (Å²) in [5.74, 6) is 0.841. The first-order valence-corrected chi connectivity index (χ1v) is 6.58. The number of methoxy groups -OCH3 is 1. The third-order valence-corrected chi connectivity index (χ3v) is 4.06. The molecule has 0 amide bonds. The quantitative estimate of drug-likeness (QED) is 0.731. The van der Waals surface area contributed by atoms with Crippen LogP contribution >= 0.6 is 0 Å². The van der Waals surface area contributed by atoms with Gasteiger partial charge < -0.3 is 4.74 Å². The molecule has 1 aliphatic carbocycles. The fourth-order valence-corrected chi connectivity index (χ4v) is 3.21. The van der Waals surface area contributed by atoms with Crippen LogP contribution in [0.4, 0.5) is 0 Å². The van der Waals surface area contributed by atoms with E-state index in [0.29, 0.717) is 17.7 Å². The van der Waals surface area contributed by atoms with Crippen molar-refractivity contribution in [1.29, 1.82) is 0 Å². The Labute approximate surface area is 98.1 Å². The number of likely N-dealkylation sites (tertiary alicyclic amines) is 1. The number of nitrogens with zero attached hydrogens (tertiary/aromatic N) is 1. The lowest BCUT2D eigenvalue weighted by Gasteiger charge is -2.32. The average molecular weight is 225 g/mol. The van der Waals surface area contributed by atoms with Gasteiger partial charge in [0.2, 0.25) is 0 Å². The summed E-state index contributed by atoms with van der Waals surface area (Å²) in [6, 6.07) is 0.517. The van der Waals surface area contributed by atoms with Crippen LogP contribution in [0.25, 0.3) is 0 Å². The molecule has 0 radical (unpaired) electrons. The summed E-state index contributed by atoms with van der Waals surface area (Å²) >= 11 is 0. The number of Topliss-reactive ketones (excluding diaryl/α,β-unsaturated/α-hetero) is 1. The van der Waals surface area contributed by atoms with Gasteiger partial charge in [-0.15, -0.1) is 0 Å². The molecule has 0 aromatic carbocycles. The molecule has 2 rings (SSSR count). The molecule has 1 heterocycles. The van der Waals surface area contributed by atoms with Crippen molar-refractivity contribution in [3.63, 3.8) is 0 Å². The number of carbonyl (C=O) groups excluding carboxylic acids is 1. The first kappa shape index (κ1) is 12.1. The predicted octanol–water partition coefficient (Wildman–Crippen LogP) is 1.86. The maximum absolute atomic E-state index is 11.9. The first-order chi connectivity index (χ1) is 7.83. The van der Waals surface area contributed by atoms with Crippen LogP contribution in [0, 0.1) is 5.92 Å². The van der Waals surface area contributed by atoms with Crippen LogP contribution in [-0.2, 0) is 9.53 Å². The minimum Gasteiger partial charge on any atom is -0.383 e. The van der Waals surface area contributed by atoms with Crippen molar-refractivity contribution in [2.45, 2.75) is 44.6 Å². The molecule has 2 fully saturated rings. The van der Waals surface area contributed by atoms with Gasteiger partial charge in [-0.25, -0.2) is 0 Å². The van der Waals surface area contributed by atoms with E-state index < -0.39 is 0 Å². The second-order valence-corrected chi connectivity index (χ2v) is 5.06. The van der Waals surface area contributed by atoms with Crippen molar-refractivity contribution in [3.8, 4) is 0 Å². The topological polar surface area (TPSA) is 29.5 Å². The van der Waals surface area contributed by atoms with Gasteiger partial charge in [-0.1, -0.05) is 6.42 Å². The Hall–Kier alpha value is -0.410. The van der Waals surface area contributed by atoms with Crippen LogP contribution in [0.5, 0.6) is 0 Å². The van der Waals surface area contributed by atoms with E-state index >= 15 is 0 Å². The van der Waals surface area contributed by atoms with Gasteiger partial charge in [0.05, 0.1) is 6.61 Å². The summed E-state index contributed by atoms with van der Waals surface area (Å²) in [4.78, 5) is 14.4. The van der Waals surface area contributed by atoms with Crippen molar-refractivity contribution < 1.29 is 9.53 Å². The van der Waals surface area contributed by atoms with Gasteiger partial charge in [-0.3, -0.25) is 9.69 Å². The van der Waals surface area contributed by atoms with Gasteiger partial charge in [-0.2, -0.15) is 0 Å². The highest BCUT2D eigenvalue weighted by Crippen LogP contribution is 2.31. The van der Waals surface area contributed by atoms with Gasteiger partial charge in [-0.05, 0) is 32.2 Å². The molecule has 92 valence electrons. The zero-order valence-electron chi connectivity index (χ0n) is 10.3. The number of hydrogen-bond donors (Lipinski definition) is 0. The van der Waals surface area contributed by atoms with E-state index in [4.69, 9.17) is 4.74 Å². The van der Waals surface area contributed by atoms with Crippen LogP contribution in [0.15, 0.2) is 0 Å². The Balaban J connectivity index is 1.92. The smallest absolute Gasteiger partial charge is 0.137 e. The van der Waals surface area contributed by atoms with Crippen molar-refractivity contribution in [2.75, 3.05) is 26.8 Å². The molecule has 0 spiro atoms. The van der Waals surface area contributed by atoms with Gasteiger partial charge in [0, 0.05) is 32.0 Å². The van der Waals surface area contributed by atoms with E-state index in [1.807, 2.05) is 0 Å². The molecule has 3 nitrogen and oxygen atoms in total. The first-order valence-electron chi connectivity index (χ1n) is 6.58. The lowest BCUT2D eigenvalue weighted by molar-refractivity contribution is -0.126. The Kier molecular flexibility index (Phi) is 4.36. The molecular formula is C13H23NO2. The van der Waals surface area contributed by atoms with Gasteiger partial charge in [0.1, 0.15) is 5.78 Å². The molecule has 1 saturated carbocycles. The Morgan fingerprint density at radius 3 is 2.94 bits per heavy atom. The molecule has 2 unspecified atom stereocenters. The minimum absolute atomic E-state index is 0.327. The maximum atomic E-state index is 11.9. The van der Waals surface area contributed by atoms with E-state index in [2.05, 4.69) is 4.90 Å². The number of hydrogen-bond acceptors (Lipinski definition) is 3. The van der Waals surface area contributed by atoms with Crippen molar-refractivity contribution in [1.82, 2.24) is 4.90 Å². The summed E-state index contributed by atoms with van der Waals surface area (Å²) in [6.07, 6.45) is 6.75. The van der Waals surface area contributed by atoms with Crippen LogP contribution in [-0.4, -0.2) is 43.5 Å². The highest BCUT2D eigenvalue weighted by molar-refractivity contribution is 5.82. The van der Waals surface area contributed by atoms with E-state index in [0.717, 1.165) is 39.0 Å². The molecule has 0 bridgehead atoms. The largest absolute Gasteiger partial charge is 0.383 e. The number of ketones is 1. The van der Waals surface area contributed by atoms with Crippen molar-refractivity contribution >= 4 is 5.78 Å². The van der Waals surface area contributed by atoms with E-state index in [1.54, 1.807) is 7.11 Å². The summed E-state index contributed by atoms with van der Waals surface area (Å²) < 4.78 is 5.14. The molecular weight excluding hydrogens is 202 g/mol. The molecule has 2 atom stereocenters. The summed E-state index contributed by atoms with van der Waals surface area (Å²) in [7, 11) is 1.75. The lowest BCUT2D eigenvalue weighted by atomic mass is 9.82. The van der Waals surface area contributed by atoms with Crippen LogP contribution in [0.3, 0.4) is 0 Å².